The van der Waals surface area contributed by atoms with E-state index in [9.17, 15) is 0 Å². The van der Waals surface area contributed by atoms with Crippen molar-refractivity contribution >= 4 is 0 Å². The van der Waals surface area contributed by atoms with Crippen molar-refractivity contribution in [2.45, 2.75) is 120 Å². The summed E-state index contributed by atoms with van der Waals surface area (Å²) in [6, 6.07) is 0. The molecule has 0 rings (SSSR count). The van der Waals surface area contributed by atoms with E-state index in [4.69, 9.17) is 14.2 Å². The van der Waals surface area contributed by atoms with Crippen molar-refractivity contribution in [2.75, 3.05) is 19.8 Å². The lowest BCUT2D eigenvalue weighted by Gasteiger charge is -2.46. The minimum Gasteiger partial charge on any atom is -0.327 e. The zero-order valence-electron chi connectivity index (χ0n) is 21.6. The van der Waals surface area contributed by atoms with Crippen LogP contribution in [0.1, 0.15) is 114 Å². The van der Waals surface area contributed by atoms with Gasteiger partial charge >= 0.3 is 0 Å². The van der Waals surface area contributed by atoms with E-state index in [-0.39, 0.29) is 11.3 Å². The van der Waals surface area contributed by atoms with Crippen LogP contribution in [0.15, 0.2) is 0 Å². The van der Waals surface area contributed by atoms with Crippen LogP contribution in [0.25, 0.3) is 0 Å². The minimum atomic E-state index is -0.958. The van der Waals surface area contributed by atoms with Gasteiger partial charge in [-0.1, -0.05) is 108 Å². The van der Waals surface area contributed by atoms with Crippen molar-refractivity contribution in [2.24, 2.45) is 29.1 Å². The van der Waals surface area contributed by atoms with Crippen molar-refractivity contribution in [1.82, 2.24) is 0 Å². The third-order valence-corrected chi connectivity index (χ3v) is 5.17. The van der Waals surface area contributed by atoms with Gasteiger partial charge in [-0.15, -0.1) is 0 Å². The number of rotatable bonds is 17. The van der Waals surface area contributed by atoms with Gasteiger partial charge in [-0.2, -0.15) is 0 Å². The number of ether oxygens (including phenoxy) is 3. The van der Waals surface area contributed by atoms with Crippen LogP contribution in [0.2, 0.25) is 0 Å². The first-order chi connectivity index (χ1) is 13.4. The molecule has 0 aliphatic rings. The summed E-state index contributed by atoms with van der Waals surface area (Å²) in [4.78, 5) is 0. The Labute approximate surface area is 183 Å². The van der Waals surface area contributed by atoms with Gasteiger partial charge in [0.15, 0.2) is 0 Å². The van der Waals surface area contributed by atoms with E-state index < -0.39 is 5.97 Å². The first kappa shape index (κ1) is 28.9. The molecule has 0 aromatic rings. The molecule has 0 N–H and O–H groups in total. The van der Waals surface area contributed by atoms with Crippen LogP contribution in [-0.4, -0.2) is 25.8 Å². The normalized spacial score (nSPS) is 14.4. The summed E-state index contributed by atoms with van der Waals surface area (Å²) in [7, 11) is 0. The number of hydrogen-bond acceptors (Lipinski definition) is 3. The highest BCUT2D eigenvalue weighted by molar-refractivity contribution is 4.83. The van der Waals surface area contributed by atoms with Gasteiger partial charge in [-0.05, 0) is 29.6 Å². The number of unbranched alkanes of at least 4 members (excludes halogenated alkanes) is 5. The van der Waals surface area contributed by atoms with Crippen molar-refractivity contribution < 1.29 is 14.2 Å². The molecule has 0 bridgehead atoms. The Hall–Kier alpha value is -0.120. The fourth-order valence-electron chi connectivity index (χ4n) is 3.54. The topological polar surface area (TPSA) is 27.7 Å². The molecule has 0 amide bonds. The summed E-state index contributed by atoms with van der Waals surface area (Å²) in [5.41, 5.74) is 0.0361. The highest BCUT2D eigenvalue weighted by atomic mass is 16.9. The van der Waals surface area contributed by atoms with Crippen molar-refractivity contribution in [1.29, 1.82) is 0 Å². The third kappa shape index (κ3) is 13.0. The predicted molar refractivity (Wildman–Crippen MR) is 126 cm³/mol. The molecule has 0 aromatic heterocycles. The highest BCUT2D eigenvalue weighted by Crippen LogP contribution is 2.43. The summed E-state index contributed by atoms with van der Waals surface area (Å²) in [6.45, 7) is 24.3. The largest absolute Gasteiger partial charge is 0.327 e. The molecule has 3 heteroatoms. The summed E-state index contributed by atoms with van der Waals surface area (Å²) in [5, 5.41) is 0. The lowest BCUT2D eigenvalue weighted by Crippen LogP contribution is -2.52. The molecule has 29 heavy (non-hydrogen) atoms. The molecule has 3 nitrogen and oxygen atoms in total. The smallest absolute Gasteiger partial charge is 0.286 e. The molecule has 1 unspecified atom stereocenters. The molecule has 0 spiro atoms. The van der Waals surface area contributed by atoms with Gasteiger partial charge in [0.2, 0.25) is 0 Å². The van der Waals surface area contributed by atoms with Crippen LogP contribution in [-0.2, 0) is 14.2 Å². The first-order valence-corrected chi connectivity index (χ1v) is 12.4. The maximum Gasteiger partial charge on any atom is 0.286 e. The average molecular weight is 415 g/mol. The molecule has 0 fully saturated rings. The van der Waals surface area contributed by atoms with E-state index in [1.54, 1.807) is 0 Å². The summed E-state index contributed by atoms with van der Waals surface area (Å²) in [6.07, 6.45) is 8.87. The zero-order chi connectivity index (χ0) is 22.5. The van der Waals surface area contributed by atoms with Gasteiger partial charge in [-0.25, -0.2) is 0 Å². The fourth-order valence-corrected chi connectivity index (χ4v) is 3.54. The Morgan fingerprint density at radius 3 is 1.31 bits per heavy atom. The summed E-state index contributed by atoms with van der Waals surface area (Å²) in [5.74, 6) is 0.552. The highest BCUT2D eigenvalue weighted by Gasteiger charge is 2.48. The van der Waals surface area contributed by atoms with Crippen molar-refractivity contribution in [3.8, 4) is 0 Å². The molecule has 0 saturated heterocycles. The second-order valence-electron chi connectivity index (χ2n) is 11.2. The lowest BCUT2D eigenvalue weighted by molar-refractivity contribution is -0.422. The van der Waals surface area contributed by atoms with Crippen molar-refractivity contribution in [3.05, 3.63) is 0 Å². The molecule has 176 valence electrons. The first-order valence-electron chi connectivity index (χ1n) is 12.4. The zero-order valence-corrected chi connectivity index (χ0v) is 21.6. The monoisotopic (exact) mass is 414 g/mol. The second-order valence-corrected chi connectivity index (χ2v) is 11.2. The van der Waals surface area contributed by atoms with Gasteiger partial charge in [0.05, 0.1) is 19.8 Å². The van der Waals surface area contributed by atoms with Gasteiger partial charge < -0.3 is 14.2 Å². The molecular weight excluding hydrogens is 360 g/mol. The fraction of sp³-hybridized carbons (Fsp3) is 1.00. The van der Waals surface area contributed by atoms with Crippen LogP contribution in [0, 0.1) is 29.1 Å². The summed E-state index contributed by atoms with van der Waals surface area (Å²) >= 11 is 0. The standard InChI is InChI=1S/C26H54O3/c1-11-12-13-14-15-16-17-24(25(8,9)10)26(27-18-21(2)3,28-19-22(4)5)29-20-23(6)7/h21-24H,11-20H2,1-10H3. The Morgan fingerprint density at radius 2 is 0.966 bits per heavy atom. The molecule has 0 heterocycles. The Balaban J connectivity index is 5.55. The van der Waals surface area contributed by atoms with Gasteiger partial charge in [0.1, 0.15) is 0 Å². The SMILES string of the molecule is CCCCCCCCC(C(C)(C)C)C(OCC(C)C)(OCC(C)C)OCC(C)C. The van der Waals surface area contributed by atoms with Crippen molar-refractivity contribution in [3.63, 3.8) is 0 Å². The molecule has 0 radical (unpaired) electrons. The van der Waals surface area contributed by atoms with Gasteiger partial charge in [0, 0.05) is 5.92 Å². The molecule has 0 aliphatic heterocycles. The maximum atomic E-state index is 6.53. The van der Waals surface area contributed by atoms with E-state index in [1.807, 2.05) is 0 Å². The van der Waals surface area contributed by atoms with Crippen LogP contribution in [0.5, 0.6) is 0 Å². The van der Waals surface area contributed by atoms with Crippen LogP contribution in [0.4, 0.5) is 0 Å². The van der Waals surface area contributed by atoms with Crippen LogP contribution >= 0.6 is 0 Å². The molecule has 0 aromatic carbocycles. The van der Waals surface area contributed by atoms with E-state index in [2.05, 4.69) is 69.2 Å². The average Bonchev–Trinajstić information content (AvgIpc) is 2.60. The Morgan fingerprint density at radius 1 is 0.586 bits per heavy atom. The van der Waals surface area contributed by atoms with E-state index in [0.717, 1.165) is 6.42 Å². The van der Waals surface area contributed by atoms with E-state index in [1.165, 1.54) is 38.5 Å². The van der Waals surface area contributed by atoms with E-state index in [0.29, 0.717) is 37.6 Å². The minimum absolute atomic E-state index is 0.0361. The Bertz CT molecular complexity index is 351. The molecular formula is C26H54O3. The second kappa shape index (κ2) is 14.8. The van der Waals surface area contributed by atoms with E-state index >= 15 is 0 Å². The number of hydrogen-bond donors (Lipinski definition) is 0. The Kier molecular flexibility index (Phi) is 14.7. The molecule has 0 saturated carbocycles. The molecule has 1 atom stereocenters. The summed E-state index contributed by atoms with van der Waals surface area (Å²) < 4.78 is 19.6. The van der Waals surface area contributed by atoms with Crippen LogP contribution in [0.3, 0.4) is 0 Å². The quantitative estimate of drug-likeness (QED) is 0.178. The third-order valence-electron chi connectivity index (χ3n) is 5.17. The maximum absolute atomic E-state index is 6.53. The van der Waals surface area contributed by atoms with Gasteiger partial charge in [-0.3, -0.25) is 0 Å². The molecule has 0 aliphatic carbocycles. The lowest BCUT2D eigenvalue weighted by atomic mass is 9.75. The van der Waals surface area contributed by atoms with Gasteiger partial charge in [0.25, 0.3) is 5.97 Å². The van der Waals surface area contributed by atoms with Crippen LogP contribution < -0.4 is 0 Å². The predicted octanol–water partition coefficient (Wildman–Crippen LogP) is 8.07.